The summed E-state index contributed by atoms with van der Waals surface area (Å²) in [6.07, 6.45) is 10.2. The maximum Gasteiger partial charge on any atom is 0.0860 e. The summed E-state index contributed by atoms with van der Waals surface area (Å²) < 4.78 is 0. The number of nitrogens with one attached hydrogen (secondary N) is 1. The van der Waals surface area contributed by atoms with Gasteiger partial charge in [-0.15, -0.1) is 0 Å². The maximum atomic E-state index is 11.1. The number of rotatable bonds is 1. The van der Waals surface area contributed by atoms with Crippen LogP contribution >= 0.6 is 0 Å². The summed E-state index contributed by atoms with van der Waals surface area (Å²) in [5.74, 6) is 0. The van der Waals surface area contributed by atoms with E-state index in [1.54, 1.807) is 0 Å². The fraction of sp³-hybridized carbons (Fsp3) is 0.933. The lowest BCUT2D eigenvalue weighted by Gasteiger charge is -2.43. The Bertz CT molecular complexity index is 292. The quantitative estimate of drug-likeness (QED) is 0.752. The predicted molar refractivity (Wildman–Crippen MR) is 72.0 cm³/mol. The van der Waals surface area contributed by atoms with Gasteiger partial charge in [0, 0.05) is 0 Å². The molecule has 0 aromatic carbocycles. The number of aliphatic hydroxyl groups is 1. The molecule has 1 aliphatic carbocycles. The Morgan fingerprint density at radius 3 is 2.17 bits per heavy atom. The molecule has 0 amide bonds. The lowest BCUT2D eigenvalue weighted by Crippen LogP contribution is -2.48. The first-order valence-corrected chi connectivity index (χ1v) is 7.57. The van der Waals surface area contributed by atoms with Gasteiger partial charge in [-0.1, -0.05) is 32.1 Å². The molecule has 0 bridgehead atoms. The van der Waals surface area contributed by atoms with Crippen LogP contribution in [0.15, 0.2) is 0 Å². The van der Waals surface area contributed by atoms with Crippen LogP contribution in [0, 0.1) is 16.7 Å². The molecule has 102 valence electrons. The maximum absolute atomic E-state index is 11.1. The zero-order valence-electron chi connectivity index (χ0n) is 11.4. The van der Waals surface area contributed by atoms with Crippen molar-refractivity contribution in [2.24, 2.45) is 5.41 Å². The molecule has 1 saturated heterocycles. The van der Waals surface area contributed by atoms with E-state index in [0.29, 0.717) is 0 Å². The van der Waals surface area contributed by atoms with Crippen molar-refractivity contribution in [1.82, 2.24) is 5.32 Å². The van der Waals surface area contributed by atoms with Crippen LogP contribution < -0.4 is 5.32 Å². The van der Waals surface area contributed by atoms with Crippen LogP contribution in [-0.2, 0) is 0 Å². The second kappa shape index (κ2) is 6.04. The van der Waals surface area contributed by atoms with Gasteiger partial charge in [-0.25, -0.2) is 0 Å². The van der Waals surface area contributed by atoms with Gasteiger partial charge in [0.05, 0.1) is 17.1 Å². The van der Waals surface area contributed by atoms with Gasteiger partial charge in [0.1, 0.15) is 0 Å². The summed E-state index contributed by atoms with van der Waals surface area (Å²) in [5.41, 5.74) is -1.25. The lowest BCUT2D eigenvalue weighted by atomic mass is 9.63. The minimum atomic E-state index is -0.761. The third-order valence-corrected chi connectivity index (χ3v) is 4.97. The first-order chi connectivity index (χ1) is 8.72. The third-order valence-electron chi connectivity index (χ3n) is 4.97. The lowest BCUT2D eigenvalue weighted by molar-refractivity contribution is -0.0764. The zero-order chi connectivity index (χ0) is 12.9. The summed E-state index contributed by atoms with van der Waals surface area (Å²) in [5, 5.41) is 24.2. The van der Waals surface area contributed by atoms with Crippen molar-refractivity contribution in [3.05, 3.63) is 0 Å². The van der Waals surface area contributed by atoms with Gasteiger partial charge < -0.3 is 10.4 Å². The molecule has 2 aliphatic rings. The van der Waals surface area contributed by atoms with Crippen LogP contribution in [0.4, 0.5) is 0 Å². The van der Waals surface area contributed by atoms with E-state index >= 15 is 0 Å². The molecule has 1 unspecified atom stereocenters. The van der Waals surface area contributed by atoms with Gasteiger partial charge in [-0.2, -0.15) is 5.26 Å². The Hall–Kier alpha value is -0.590. The molecular formula is C15H26N2O. The highest BCUT2D eigenvalue weighted by Gasteiger charge is 2.49. The van der Waals surface area contributed by atoms with E-state index in [-0.39, 0.29) is 0 Å². The molecule has 2 rings (SSSR count). The number of hydrogen-bond acceptors (Lipinski definition) is 3. The Labute approximate surface area is 111 Å². The highest BCUT2D eigenvalue weighted by atomic mass is 16.3. The van der Waals surface area contributed by atoms with Crippen LogP contribution in [-0.4, -0.2) is 23.8 Å². The molecule has 1 saturated carbocycles. The number of nitrogens with zero attached hydrogens (tertiary/aromatic N) is 1. The van der Waals surface area contributed by atoms with E-state index in [4.69, 9.17) is 0 Å². The van der Waals surface area contributed by atoms with E-state index in [9.17, 15) is 10.4 Å². The minimum Gasteiger partial charge on any atom is -0.388 e. The highest BCUT2D eigenvalue weighted by molar-refractivity contribution is 5.12. The molecule has 3 nitrogen and oxygen atoms in total. The van der Waals surface area contributed by atoms with Crippen LogP contribution in [0.3, 0.4) is 0 Å². The molecular weight excluding hydrogens is 224 g/mol. The molecule has 1 heterocycles. The Balaban J connectivity index is 2.19. The minimum absolute atomic E-state index is 0.487. The number of nitriles is 1. The molecule has 1 atom stereocenters. The molecule has 18 heavy (non-hydrogen) atoms. The average Bonchev–Trinajstić information content (AvgIpc) is 2.55. The van der Waals surface area contributed by atoms with E-state index in [1.165, 1.54) is 19.3 Å². The van der Waals surface area contributed by atoms with Crippen molar-refractivity contribution in [2.45, 2.75) is 69.8 Å². The Kier molecular flexibility index (Phi) is 4.64. The summed E-state index contributed by atoms with van der Waals surface area (Å²) >= 11 is 0. The summed E-state index contributed by atoms with van der Waals surface area (Å²) in [6.45, 7) is 1.82. The zero-order valence-corrected chi connectivity index (χ0v) is 11.4. The molecule has 0 aromatic rings. The van der Waals surface area contributed by atoms with Crippen LogP contribution in [0.1, 0.15) is 64.2 Å². The van der Waals surface area contributed by atoms with Gasteiger partial charge in [-0.05, 0) is 45.2 Å². The standard InChI is InChI=1S/C15H26N2O/c16-13-14(7-4-2-1-3-5-8-14)15(18)9-6-11-17-12-10-15/h17-18H,1-12H2. The van der Waals surface area contributed by atoms with Gasteiger partial charge >= 0.3 is 0 Å². The van der Waals surface area contributed by atoms with Crippen LogP contribution in [0.25, 0.3) is 0 Å². The van der Waals surface area contributed by atoms with E-state index in [1.807, 2.05) is 0 Å². The van der Waals surface area contributed by atoms with Crippen LogP contribution in [0.2, 0.25) is 0 Å². The van der Waals surface area contributed by atoms with E-state index in [2.05, 4.69) is 11.4 Å². The van der Waals surface area contributed by atoms with Gasteiger partial charge in [0.2, 0.25) is 0 Å². The molecule has 0 radical (unpaired) electrons. The van der Waals surface area contributed by atoms with Crippen molar-refractivity contribution < 1.29 is 5.11 Å². The normalized spacial score (nSPS) is 33.8. The highest BCUT2D eigenvalue weighted by Crippen LogP contribution is 2.47. The summed E-state index contributed by atoms with van der Waals surface area (Å²) in [6, 6.07) is 2.55. The van der Waals surface area contributed by atoms with Crippen LogP contribution in [0.5, 0.6) is 0 Å². The Morgan fingerprint density at radius 1 is 0.833 bits per heavy atom. The SMILES string of the molecule is N#CC1(C2(O)CCCNCC2)CCCCCCC1. The van der Waals surface area contributed by atoms with Crippen molar-refractivity contribution in [2.75, 3.05) is 13.1 Å². The monoisotopic (exact) mass is 250 g/mol. The molecule has 0 spiro atoms. The van der Waals surface area contributed by atoms with E-state index in [0.717, 1.165) is 58.0 Å². The van der Waals surface area contributed by atoms with Gasteiger partial charge in [0.25, 0.3) is 0 Å². The fourth-order valence-electron chi connectivity index (χ4n) is 3.72. The fourth-order valence-corrected chi connectivity index (χ4v) is 3.72. The van der Waals surface area contributed by atoms with Crippen molar-refractivity contribution in [1.29, 1.82) is 5.26 Å². The topological polar surface area (TPSA) is 56.0 Å². The molecule has 2 N–H and O–H groups in total. The second-order valence-electron chi connectivity index (χ2n) is 6.10. The van der Waals surface area contributed by atoms with Gasteiger partial charge in [-0.3, -0.25) is 0 Å². The third kappa shape index (κ3) is 2.70. The molecule has 3 heteroatoms. The predicted octanol–water partition coefficient (Wildman–Crippen LogP) is 2.75. The molecule has 2 fully saturated rings. The first-order valence-electron chi connectivity index (χ1n) is 7.57. The molecule has 1 aliphatic heterocycles. The molecule has 0 aromatic heterocycles. The van der Waals surface area contributed by atoms with Gasteiger partial charge in [0.15, 0.2) is 0 Å². The summed E-state index contributed by atoms with van der Waals surface area (Å²) in [7, 11) is 0. The first kappa shape index (κ1) is 13.8. The average molecular weight is 250 g/mol. The van der Waals surface area contributed by atoms with Crippen molar-refractivity contribution >= 4 is 0 Å². The number of hydrogen-bond donors (Lipinski definition) is 2. The Morgan fingerprint density at radius 2 is 1.50 bits per heavy atom. The van der Waals surface area contributed by atoms with Crippen molar-refractivity contribution in [3.8, 4) is 6.07 Å². The smallest absolute Gasteiger partial charge is 0.0860 e. The summed E-state index contributed by atoms with van der Waals surface area (Å²) in [4.78, 5) is 0. The van der Waals surface area contributed by atoms with E-state index < -0.39 is 11.0 Å². The van der Waals surface area contributed by atoms with Crippen molar-refractivity contribution in [3.63, 3.8) is 0 Å². The largest absolute Gasteiger partial charge is 0.388 e. The second-order valence-corrected chi connectivity index (χ2v) is 6.10.